The molecule has 5 heteroatoms. The van der Waals surface area contributed by atoms with E-state index in [1.807, 2.05) is 0 Å². The molecule has 0 aliphatic rings. The SMILES string of the molecule is CO[13C](=O)CNC(=O)OC(C)(C)C. The van der Waals surface area contributed by atoms with E-state index in [1.54, 1.807) is 20.8 Å². The van der Waals surface area contributed by atoms with Gasteiger partial charge in [-0.25, -0.2) is 4.79 Å². The first-order valence-electron chi connectivity index (χ1n) is 3.89. The second-order valence-corrected chi connectivity index (χ2v) is 3.43. The van der Waals surface area contributed by atoms with E-state index in [4.69, 9.17) is 4.74 Å². The van der Waals surface area contributed by atoms with Crippen LogP contribution < -0.4 is 5.32 Å². The van der Waals surface area contributed by atoms with Gasteiger partial charge in [0, 0.05) is 0 Å². The summed E-state index contributed by atoms with van der Waals surface area (Å²) < 4.78 is 9.20. The van der Waals surface area contributed by atoms with E-state index in [1.165, 1.54) is 7.11 Å². The molecule has 76 valence electrons. The fourth-order valence-electron chi connectivity index (χ4n) is 0.531. The highest BCUT2D eigenvalue weighted by Gasteiger charge is 2.16. The first kappa shape index (κ1) is 11.7. The number of hydrogen-bond acceptors (Lipinski definition) is 4. The summed E-state index contributed by atoms with van der Waals surface area (Å²) in [6, 6.07) is 0. The first-order chi connectivity index (χ1) is 5.85. The lowest BCUT2D eigenvalue weighted by atomic mass is 10.2. The highest BCUT2D eigenvalue weighted by Crippen LogP contribution is 2.05. The van der Waals surface area contributed by atoms with Crippen LogP contribution in [0.2, 0.25) is 0 Å². The molecule has 0 rings (SSSR count). The van der Waals surface area contributed by atoms with Crippen molar-refractivity contribution in [1.29, 1.82) is 0 Å². The molecule has 1 amide bonds. The molecule has 0 spiro atoms. The van der Waals surface area contributed by atoms with Crippen LogP contribution in [0.3, 0.4) is 0 Å². The lowest BCUT2D eigenvalue weighted by molar-refractivity contribution is -0.139. The number of carbonyl (C=O) groups is 2. The van der Waals surface area contributed by atoms with E-state index in [-0.39, 0.29) is 6.54 Å². The molecule has 0 atom stereocenters. The molecule has 0 aromatic rings. The van der Waals surface area contributed by atoms with Crippen LogP contribution in [0.4, 0.5) is 4.79 Å². The van der Waals surface area contributed by atoms with Gasteiger partial charge < -0.3 is 14.8 Å². The largest absolute Gasteiger partial charge is 0.468 e. The second kappa shape index (κ2) is 4.69. The van der Waals surface area contributed by atoms with Crippen molar-refractivity contribution in [2.75, 3.05) is 13.7 Å². The van der Waals surface area contributed by atoms with E-state index in [2.05, 4.69) is 10.1 Å². The van der Waals surface area contributed by atoms with Crippen molar-refractivity contribution >= 4 is 12.1 Å². The van der Waals surface area contributed by atoms with E-state index in [0.29, 0.717) is 0 Å². The minimum Gasteiger partial charge on any atom is -0.468 e. The Labute approximate surface area is 77.4 Å². The minimum atomic E-state index is -0.627. The third-order valence-corrected chi connectivity index (χ3v) is 1.00. The number of carbonyl (C=O) groups excluding carboxylic acids is 2. The fraction of sp³-hybridized carbons (Fsp3) is 0.750. The van der Waals surface area contributed by atoms with Crippen molar-refractivity contribution in [3.63, 3.8) is 0 Å². The van der Waals surface area contributed by atoms with Crippen LogP contribution in [0.15, 0.2) is 0 Å². The fourth-order valence-corrected chi connectivity index (χ4v) is 0.531. The molecule has 5 nitrogen and oxygen atoms in total. The van der Waals surface area contributed by atoms with Crippen LogP contribution in [-0.2, 0) is 14.3 Å². The Bertz CT molecular complexity index is 195. The molecular weight excluding hydrogens is 175 g/mol. The number of amides is 1. The Hall–Kier alpha value is -1.26. The number of alkyl carbamates (subject to hydrolysis) is 1. The van der Waals surface area contributed by atoms with Gasteiger partial charge in [0.15, 0.2) is 0 Å². The smallest absolute Gasteiger partial charge is 0.408 e. The molecular formula is C8H15NO4. The zero-order chi connectivity index (χ0) is 10.5. The molecule has 0 aromatic heterocycles. The maximum atomic E-state index is 10.9. The van der Waals surface area contributed by atoms with E-state index >= 15 is 0 Å². The summed E-state index contributed by atoms with van der Waals surface area (Å²) in [6.45, 7) is 5.05. The molecule has 0 aromatic carbocycles. The van der Waals surface area contributed by atoms with Crippen molar-refractivity contribution in [3.05, 3.63) is 0 Å². The summed E-state index contributed by atoms with van der Waals surface area (Å²) in [6.07, 6.45) is -0.627. The number of ether oxygens (including phenoxy) is 2. The van der Waals surface area contributed by atoms with Gasteiger partial charge in [-0.2, -0.15) is 0 Å². The van der Waals surface area contributed by atoms with Gasteiger partial charge in [-0.15, -0.1) is 0 Å². The zero-order valence-corrected chi connectivity index (χ0v) is 8.34. The average molecular weight is 190 g/mol. The van der Waals surface area contributed by atoms with Crippen LogP contribution in [-0.4, -0.2) is 31.3 Å². The molecule has 0 heterocycles. The van der Waals surface area contributed by atoms with Crippen LogP contribution in [0.5, 0.6) is 0 Å². The standard InChI is InChI=1S/C8H15NO4/c1-8(2,3)13-7(11)9-5-6(10)12-4/h5H2,1-4H3,(H,9,11)/i6+1. The summed E-state index contributed by atoms with van der Waals surface area (Å²) >= 11 is 0. The Kier molecular flexibility index (Phi) is 4.23. The van der Waals surface area contributed by atoms with Gasteiger partial charge in [0.05, 0.1) is 7.11 Å². The van der Waals surface area contributed by atoms with E-state index < -0.39 is 17.7 Å². The Balaban J connectivity index is 3.71. The number of methoxy groups -OCH3 is 1. The Morgan fingerprint density at radius 1 is 1.31 bits per heavy atom. The zero-order valence-electron chi connectivity index (χ0n) is 8.34. The van der Waals surface area contributed by atoms with Crippen molar-refractivity contribution in [1.82, 2.24) is 5.32 Å². The quantitative estimate of drug-likeness (QED) is 0.513. The van der Waals surface area contributed by atoms with Gasteiger partial charge in [-0.1, -0.05) is 0 Å². The average Bonchev–Trinajstić information content (AvgIpc) is 1.97. The van der Waals surface area contributed by atoms with Gasteiger partial charge >= 0.3 is 12.1 Å². The van der Waals surface area contributed by atoms with E-state index in [0.717, 1.165) is 0 Å². The molecule has 0 unspecified atom stereocenters. The lowest BCUT2D eigenvalue weighted by Gasteiger charge is -2.19. The van der Waals surface area contributed by atoms with Crippen molar-refractivity contribution in [2.24, 2.45) is 0 Å². The van der Waals surface area contributed by atoms with Crippen molar-refractivity contribution in [2.45, 2.75) is 26.4 Å². The molecule has 1 N–H and O–H groups in total. The molecule has 0 saturated heterocycles. The van der Waals surface area contributed by atoms with Gasteiger partial charge in [0.2, 0.25) is 0 Å². The summed E-state index contributed by atoms with van der Waals surface area (Å²) in [5.74, 6) is -0.508. The van der Waals surface area contributed by atoms with Gasteiger partial charge in [0.1, 0.15) is 12.1 Å². The maximum absolute atomic E-state index is 10.9. The van der Waals surface area contributed by atoms with Crippen LogP contribution in [0.1, 0.15) is 20.8 Å². The highest BCUT2D eigenvalue weighted by atomic mass is 16.6. The Morgan fingerprint density at radius 3 is 2.23 bits per heavy atom. The molecule has 0 aliphatic heterocycles. The molecule has 13 heavy (non-hydrogen) atoms. The molecule has 0 aliphatic carbocycles. The second-order valence-electron chi connectivity index (χ2n) is 3.43. The van der Waals surface area contributed by atoms with Crippen LogP contribution in [0.25, 0.3) is 0 Å². The predicted octanol–water partition coefficient (Wildman–Crippen LogP) is 0.684. The monoisotopic (exact) mass is 190 g/mol. The summed E-state index contributed by atoms with van der Waals surface area (Å²) in [5, 5.41) is 2.25. The normalized spacial score (nSPS) is 10.5. The summed E-state index contributed by atoms with van der Waals surface area (Å²) in [4.78, 5) is 21.5. The minimum absolute atomic E-state index is 0.175. The van der Waals surface area contributed by atoms with Crippen LogP contribution in [0, 0.1) is 0 Å². The number of hydrogen-bond donors (Lipinski definition) is 1. The number of rotatable bonds is 2. The highest BCUT2D eigenvalue weighted by molar-refractivity contribution is 5.77. The van der Waals surface area contributed by atoms with Crippen molar-refractivity contribution in [3.8, 4) is 0 Å². The molecule has 0 saturated carbocycles. The van der Waals surface area contributed by atoms with Crippen molar-refractivity contribution < 1.29 is 19.1 Å². The van der Waals surface area contributed by atoms with Crippen LogP contribution >= 0.6 is 0 Å². The third-order valence-electron chi connectivity index (χ3n) is 1.00. The van der Waals surface area contributed by atoms with Gasteiger partial charge in [-0.3, -0.25) is 4.79 Å². The van der Waals surface area contributed by atoms with E-state index in [9.17, 15) is 9.59 Å². The third kappa shape index (κ3) is 7.11. The number of nitrogens with one attached hydrogen (secondary N) is 1. The molecule has 0 fully saturated rings. The summed E-state index contributed by atoms with van der Waals surface area (Å²) in [7, 11) is 1.25. The maximum Gasteiger partial charge on any atom is 0.408 e. The summed E-state index contributed by atoms with van der Waals surface area (Å²) in [5.41, 5.74) is -0.555. The Morgan fingerprint density at radius 2 is 1.85 bits per heavy atom. The predicted molar refractivity (Wildman–Crippen MR) is 46.3 cm³/mol. The number of esters is 1. The molecule has 0 bridgehead atoms. The first-order valence-corrected chi connectivity index (χ1v) is 3.89. The van der Waals surface area contributed by atoms with Gasteiger partial charge in [0.25, 0.3) is 0 Å². The topological polar surface area (TPSA) is 64.6 Å². The molecule has 0 radical (unpaired) electrons. The lowest BCUT2D eigenvalue weighted by Crippen LogP contribution is -2.35. The van der Waals surface area contributed by atoms with Gasteiger partial charge in [-0.05, 0) is 20.8 Å².